The molecule has 0 saturated heterocycles. The van der Waals surface area contributed by atoms with E-state index in [9.17, 15) is 17.6 Å². The van der Waals surface area contributed by atoms with E-state index in [0.29, 0.717) is 19.4 Å². The number of hydrogen-bond acceptors (Lipinski definition) is 5. The van der Waals surface area contributed by atoms with E-state index in [4.69, 9.17) is 4.74 Å². The van der Waals surface area contributed by atoms with Crippen LogP contribution in [0.2, 0.25) is 0 Å². The Morgan fingerprint density at radius 2 is 1.96 bits per heavy atom. The predicted molar refractivity (Wildman–Crippen MR) is 101 cm³/mol. The fraction of sp³-hybridized carbons (Fsp3) is 0.389. The zero-order chi connectivity index (χ0) is 19.3. The number of rotatable bonds is 5. The maximum Gasteiger partial charge on any atom is 0.258 e. The molecule has 9 heteroatoms. The lowest BCUT2D eigenvalue weighted by atomic mass is 10.1. The van der Waals surface area contributed by atoms with Crippen LogP contribution in [0.3, 0.4) is 0 Å². The van der Waals surface area contributed by atoms with E-state index in [-0.39, 0.29) is 40.7 Å². The van der Waals surface area contributed by atoms with Crippen LogP contribution in [0.15, 0.2) is 23.0 Å². The summed E-state index contributed by atoms with van der Waals surface area (Å²) < 4.78 is 48.9. The summed E-state index contributed by atoms with van der Waals surface area (Å²) in [6.07, 6.45) is 1.19. The van der Waals surface area contributed by atoms with Crippen LogP contribution < -0.4 is 20.3 Å². The summed E-state index contributed by atoms with van der Waals surface area (Å²) >= 11 is 0. The predicted octanol–water partition coefficient (Wildman–Crippen LogP) is 2.64. The third kappa shape index (κ3) is 3.16. The van der Waals surface area contributed by atoms with Crippen molar-refractivity contribution < 1.29 is 17.5 Å². The number of hydrogen-bond donors (Lipinski definition) is 2. The topological polar surface area (TPSA) is 89.4 Å². The Kier molecular flexibility index (Phi) is 4.14. The van der Waals surface area contributed by atoms with Gasteiger partial charge in [-0.1, -0.05) is 6.07 Å². The molecule has 1 fully saturated rings. The van der Waals surface area contributed by atoms with Crippen molar-refractivity contribution in [2.24, 2.45) is 0 Å². The number of nitrogens with one attached hydrogen (secondary N) is 2. The van der Waals surface area contributed by atoms with Crippen molar-refractivity contribution in [1.29, 1.82) is 0 Å². The molecule has 0 bridgehead atoms. The summed E-state index contributed by atoms with van der Waals surface area (Å²) in [5.41, 5.74) is 1.25. The number of aromatic nitrogens is 1. The fourth-order valence-corrected chi connectivity index (χ4v) is 4.53. The minimum absolute atomic E-state index is 0.150. The summed E-state index contributed by atoms with van der Waals surface area (Å²) in [5.74, 6) is -0.336. The van der Waals surface area contributed by atoms with Crippen molar-refractivity contribution in [2.75, 3.05) is 16.6 Å². The smallest absolute Gasteiger partial charge is 0.258 e. The van der Waals surface area contributed by atoms with E-state index in [2.05, 4.69) is 10.0 Å². The van der Waals surface area contributed by atoms with Crippen molar-refractivity contribution in [3.8, 4) is 5.88 Å². The molecule has 27 heavy (non-hydrogen) atoms. The molecule has 1 aliphatic heterocycles. The summed E-state index contributed by atoms with van der Waals surface area (Å²) in [5, 5.41) is 2.45. The van der Waals surface area contributed by atoms with Crippen LogP contribution in [-0.4, -0.2) is 24.8 Å². The van der Waals surface area contributed by atoms with Crippen LogP contribution in [0.4, 0.5) is 21.5 Å². The number of halogens is 1. The molecule has 0 amide bonds. The van der Waals surface area contributed by atoms with Crippen LogP contribution in [0.1, 0.15) is 24.0 Å². The highest BCUT2D eigenvalue weighted by atomic mass is 32.2. The molecule has 1 aliphatic carbocycles. The average molecular weight is 393 g/mol. The second-order valence-electron chi connectivity index (χ2n) is 6.94. The average Bonchev–Trinajstić information content (AvgIpc) is 3.36. The third-order valence-electron chi connectivity index (χ3n) is 4.80. The molecular formula is C18H20FN3O4S. The highest BCUT2D eigenvalue weighted by molar-refractivity contribution is 7.93. The van der Waals surface area contributed by atoms with Gasteiger partial charge >= 0.3 is 0 Å². The van der Waals surface area contributed by atoms with E-state index < -0.39 is 21.1 Å². The third-order valence-corrected chi connectivity index (χ3v) is 6.63. The van der Waals surface area contributed by atoms with Crippen molar-refractivity contribution in [3.05, 3.63) is 45.5 Å². The number of ether oxygens (including phenoxy) is 1. The number of benzene rings is 1. The number of sulfonamides is 1. The SMILES string of the molecule is Cc1ccc(Nc2c(NS(=O)(=O)C3CC3)c3n(c(=O)c2C)CCO3)c(F)c1. The summed E-state index contributed by atoms with van der Waals surface area (Å²) in [7, 11) is -3.60. The minimum Gasteiger partial charge on any atom is -0.475 e. The zero-order valence-corrected chi connectivity index (χ0v) is 15.8. The number of nitrogens with zero attached hydrogens (tertiary/aromatic N) is 1. The van der Waals surface area contributed by atoms with Crippen LogP contribution in [-0.2, 0) is 16.6 Å². The molecule has 2 aromatic rings. The Morgan fingerprint density at radius 3 is 2.63 bits per heavy atom. The minimum atomic E-state index is -3.60. The highest BCUT2D eigenvalue weighted by Crippen LogP contribution is 2.40. The van der Waals surface area contributed by atoms with E-state index >= 15 is 0 Å². The Hall–Kier alpha value is -2.55. The molecule has 0 radical (unpaired) electrons. The summed E-state index contributed by atoms with van der Waals surface area (Å²) in [6, 6.07) is 4.64. The van der Waals surface area contributed by atoms with Crippen LogP contribution >= 0.6 is 0 Å². The number of fused-ring (bicyclic) bond motifs is 1. The number of pyridine rings is 1. The Labute approximate surface area is 156 Å². The van der Waals surface area contributed by atoms with Crippen molar-refractivity contribution in [3.63, 3.8) is 0 Å². The summed E-state index contributed by atoms with van der Waals surface area (Å²) in [4.78, 5) is 12.6. The molecule has 0 spiro atoms. The van der Waals surface area contributed by atoms with Crippen molar-refractivity contribution in [1.82, 2.24) is 4.57 Å². The van der Waals surface area contributed by atoms with Gasteiger partial charge in [-0.3, -0.25) is 14.1 Å². The molecule has 1 aromatic heterocycles. The second kappa shape index (κ2) is 6.26. The van der Waals surface area contributed by atoms with Crippen LogP contribution in [0.5, 0.6) is 5.88 Å². The second-order valence-corrected chi connectivity index (χ2v) is 8.90. The normalized spacial score (nSPS) is 16.0. The molecule has 0 atom stereocenters. The molecular weight excluding hydrogens is 373 g/mol. The van der Waals surface area contributed by atoms with Crippen molar-refractivity contribution >= 4 is 27.1 Å². The first-order chi connectivity index (χ1) is 12.8. The lowest BCUT2D eigenvalue weighted by Gasteiger charge is -2.19. The standard InChI is InChI=1S/C18H20FN3O4S/c1-10-3-6-14(13(19)9-10)20-15-11(2)17(23)22-7-8-26-18(22)16(15)21-27(24,25)12-4-5-12/h3,6,9,12,20-21H,4-5,7-8H2,1-2H3. The number of anilines is 3. The first kappa shape index (κ1) is 17.8. The Morgan fingerprint density at radius 1 is 1.22 bits per heavy atom. The lowest BCUT2D eigenvalue weighted by Crippen LogP contribution is -2.25. The highest BCUT2D eigenvalue weighted by Gasteiger charge is 2.38. The molecule has 2 N–H and O–H groups in total. The first-order valence-electron chi connectivity index (χ1n) is 8.73. The number of aryl methyl sites for hydroxylation is 1. The fourth-order valence-electron chi connectivity index (χ4n) is 3.13. The molecule has 144 valence electrons. The molecule has 1 saturated carbocycles. The Balaban J connectivity index is 1.86. The van der Waals surface area contributed by atoms with E-state index in [1.54, 1.807) is 26.0 Å². The Bertz CT molecular complexity index is 1090. The molecule has 4 rings (SSSR count). The van der Waals surface area contributed by atoms with Gasteiger partial charge in [0, 0.05) is 5.56 Å². The van der Waals surface area contributed by atoms with E-state index in [1.165, 1.54) is 10.6 Å². The van der Waals surface area contributed by atoms with Gasteiger partial charge in [-0.2, -0.15) is 0 Å². The largest absolute Gasteiger partial charge is 0.475 e. The van der Waals surface area contributed by atoms with Gasteiger partial charge in [0.1, 0.15) is 18.1 Å². The monoisotopic (exact) mass is 393 g/mol. The van der Waals surface area contributed by atoms with Gasteiger partial charge in [0.05, 0.1) is 23.2 Å². The van der Waals surface area contributed by atoms with Gasteiger partial charge < -0.3 is 10.1 Å². The van der Waals surface area contributed by atoms with Crippen LogP contribution in [0, 0.1) is 19.7 Å². The lowest BCUT2D eigenvalue weighted by molar-refractivity contribution is 0.358. The van der Waals surface area contributed by atoms with Gasteiger partial charge in [0.15, 0.2) is 0 Å². The van der Waals surface area contributed by atoms with E-state index in [0.717, 1.165) is 5.56 Å². The van der Waals surface area contributed by atoms with Crippen molar-refractivity contribution in [2.45, 2.75) is 38.5 Å². The maximum atomic E-state index is 14.3. The molecule has 2 aliphatic rings. The van der Waals surface area contributed by atoms with E-state index in [1.807, 2.05) is 0 Å². The van der Waals surface area contributed by atoms with Gasteiger partial charge in [-0.15, -0.1) is 0 Å². The molecule has 0 unspecified atom stereocenters. The maximum absolute atomic E-state index is 14.3. The van der Waals surface area contributed by atoms with Gasteiger partial charge in [-0.25, -0.2) is 12.8 Å². The first-order valence-corrected chi connectivity index (χ1v) is 10.3. The van der Waals surface area contributed by atoms with Crippen LogP contribution in [0.25, 0.3) is 0 Å². The quantitative estimate of drug-likeness (QED) is 0.815. The molecule has 2 heterocycles. The zero-order valence-electron chi connectivity index (χ0n) is 15.0. The van der Waals surface area contributed by atoms with Gasteiger partial charge in [-0.05, 0) is 44.4 Å². The molecule has 7 nitrogen and oxygen atoms in total. The molecule has 1 aromatic carbocycles. The van der Waals surface area contributed by atoms with Gasteiger partial charge in [0.2, 0.25) is 15.9 Å². The van der Waals surface area contributed by atoms with Gasteiger partial charge in [0.25, 0.3) is 5.56 Å². The summed E-state index contributed by atoms with van der Waals surface area (Å²) in [6.45, 7) is 3.96.